The maximum Gasteiger partial charge on any atom is 0.315 e. The molecule has 0 spiro atoms. The van der Waals surface area contributed by atoms with Crippen molar-refractivity contribution in [1.82, 2.24) is 10.2 Å². The third-order valence-electron chi connectivity index (χ3n) is 2.58. The molecule has 1 aromatic rings. The first-order chi connectivity index (χ1) is 7.15. The Bertz CT molecular complexity index is 319. The molecule has 1 aliphatic rings. The molecule has 0 radical (unpaired) electrons. The van der Waals surface area contributed by atoms with E-state index in [1.165, 1.54) is 19.3 Å². The molecule has 2 rings (SSSR count). The van der Waals surface area contributed by atoms with Crippen molar-refractivity contribution in [3.05, 3.63) is 5.89 Å². The molecule has 3 N–H and O–H groups in total. The number of aromatic nitrogens is 2. The van der Waals surface area contributed by atoms with Crippen LogP contribution in [0.2, 0.25) is 0 Å². The Morgan fingerprint density at radius 1 is 1.47 bits per heavy atom. The average molecular weight is 210 g/mol. The van der Waals surface area contributed by atoms with E-state index in [4.69, 9.17) is 10.2 Å². The molecule has 5 heteroatoms. The molecule has 1 aromatic heterocycles. The van der Waals surface area contributed by atoms with Crippen LogP contribution in [0.15, 0.2) is 4.42 Å². The summed E-state index contributed by atoms with van der Waals surface area (Å²) in [6, 6.07) is 0.668. The molecule has 1 fully saturated rings. The molecular weight excluding hydrogens is 192 g/mol. The van der Waals surface area contributed by atoms with Crippen molar-refractivity contribution in [2.24, 2.45) is 11.7 Å². The highest BCUT2D eigenvalue weighted by Gasteiger charge is 2.24. The van der Waals surface area contributed by atoms with E-state index in [9.17, 15) is 0 Å². The summed E-state index contributed by atoms with van der Waals surface area (Å²) in [4.78, 5) is 0. The third kappa shape index (κ3) is 2.92. The Hall–Kier alpha value is -1.10. The Morgan fingerprint density at radius 3 is 2.73 bits per heavy atom. The summed E-state index contributed by atoms with van der Waals surface area (Å²) in [6.07, 6.45) is 3.90. The Morgan fingerprint density at radius 2 is 2.20 bits per heavy atom. The zero-order chi connectivity index (χ0) is 10.8. The van der Waals surface area contributed by atoms with Crippen LogP contribution >= 0.6 is 0 Å². The lowest BCUT2D eigenvalue weighted by atomic mass is 10.2. The van der Waals surface area contributed by atoms with Gasteiger partial charge in [-0.15, -0.1) is 5.10 Å². The molecule has 1 aliphatic carbocycles. The molecule has 2 unspecified atom stereocenters. The molecule has 0 aromatic carbocycles. The molecule has 0 saturated heterocycles. The second-order valence-electron chi connectivity index (χ2n) is 4.46. The van der Waals surface area contributed by atoms with Crippen molar-refractivity contribution in [3.8, 4) is 0 Å². The van der Waals surface area contributed by atoms with Gasteiger partial charge in [0, 0.05) is 6.04 Å². The zero-order valence-electron chi connectivity index (χ0n) is 9.23. The molecule has 5 nitrogen and oxygen atoms in total. The molecule has 0 bridgehead atoms. The van der Waals surface area contributed by atoms with Crippen molar-refractivity contribution in [3.63, 3.8) is 0 Å². The van der Waals surface area contributed by atoms with Crippen LogP contribution in [0.25, 0.3) is 0 Å². The van der Waals surface area contributed by atoms with Gasteiger partial charge in [-0.05, 0) is 26.2 Å². The molecule has 84 valence electrons. The fraction of sp³-hybridized carbons (Fsp3) is 0.800. The topological polar surface area (TPSA) is 77.0 Å². The summed E-state index contributed by atoms with van der Waals surface area (Å²) in [7, 11) is 0. The van der Waals surface area contributed by atoms with Crippen molar-refractivity contribution in [2.75, 3.05) is 5.32 Å². The Labute approximate surface area is 89.4 Å². The van der Waals surface area contributed by atoms with Gasteiger partial charge in [0.1, 0.15) is 0 Å². The monoisotopic (exact) mass is 210 g/mol. The molecular formula is C10H18N4O. The normalized spacial score (nSPS) is 19.9. The Balaban J connectivity index is 1.85. The van der Waals surface area contributed by atoms with Crippen molar-refractivity contribution < 1.29 is 4.42 Å². The van der Waals surface area contributed by atoms with Gasteiger partial charge >= 0.3 is 6.01 Å². The molecule has 15 heavy (non-hydrogen) atoms. The van der Waals surface area contributed by atoms with E-state index in [1.807, 2.05) is 6.92 Å². The summed E-state index contributed by atoms with van der Waals surface area (Å²) in [5.41, 5.74) is 5.62. The number of hydrogen-bond donors (Lipinski definition) is 2. The van der Waals surface area contributed by atoms with Crippen molar-refractivity contribution >= 4 is 6.01 Å². The van der Waals surface area contributed by atoms with E-state index in [2.05, 4.69) is 22.4 Å². The summed E-state index contributed by atoms with van der Waals surface area (Å²) in [5.74, 6) is 1.37. The quantitative estimate of drug-likeness (QED) is 0.773. The SMILES string of the molecule is CC(CC1CC1)Nc1nnc(C(C)N)o1. The minimum atomic E-state index is -0.202. The van der Waals surface area contributed by atoms with Crippen LogP contribution in [-0.2, 0) is 0 Å². The number of nitrogens with one attached hydrogen (secondary N) is 1. The van der Waals surface area contributed by atoms with E-state index >= 15 is 0 Å². The van der Waals surface area contributed by atoms with Gasteiger partial charge < -0.3 is 15.5 Å². The standard InChI is InChI=1S/C10H18N4O/c1-6(5-8-3-4-8)12-10-14-13-9(15-10)7(2)11/h6-8H,3-5,11H2,1-2H3,(H,12,14). The van der Waals surface area contributed by atoms with Crippen LogP contribution in [0.3, 0.4) is 0 Å². The van der Waals surface area contributed by atoms with Gasteiger partial charge in [-0.25, -0.2) is 0 Å². The van der Waals surface area contributed by atoms with Crippen LogP contribution in [0.5, 0.6) is 0 Å². The van der Waals surface area contributed by atoms with Crippen LogP contribution in [-0.4, -0.2) is 16.2 Å². The lowest BCUT2D eigenvalue weighted by Gasteiger charge is -2.10. The van der Waals surface area contributed by atoms with E-state index in [1.54, 1.807) is 0 Å². The smallest absolute Gasteiger partial charge is 0.315 e. The van der Waals surface area contributed by atoms with E-state index < -0.39 is 0 Å². The summed E-state index contributed by atoms with van der Waals surface area (Å²) in [6.45, 7) is 3.96. The predicted molar refractivity (Wildman–Crippen MR) is 57.3 cm³/mol. The average Bonchev–Trinajstić information content (AvgIpc) is 2.82. The first kappa shape index (κ1) is 10.4. The summed E-state index contributed by atoms with van der Waals surface area (Å²) in [5, 5.41) is 10.9. The zero-order valence-corrected chi connectivity index (χ0v) is 9.23. The molecule has 1 saturated carbocycles. The fourth-order valence-corrected chi connectivity index (χ4v) is 1.60. The maximum atomic E-state index is 5.62. The van der Waals surface area contributed by atoms with E-state index in [0.717, 1.165) is 5.92 Å². The highest BCUT2D eigenvalue weighted by Crippen LogP contribution is 2.33. The molecule has 2 atom stereocenters. The first-order valence-electron chi connectivity index (χ1n) is 5.50. The van der Waals surface area contributed by atoms with Gasteiger partial charge in [0.2, 0.25) is 5.89 Å². The van der Waals surface area contributed by atoms with Crippen LogP contribution in [0.1, 0.15) is 45.0 Å². The second-order valence-corrected chi connectivity index (χ2v) is 4.46. The van der Waals surface area contributed by atoms with E-state index in [0.29, 0.717) is 17.9 Å². The molecule has 0 amide bonds. The lowest BCUT2D eigenvalue weighted by molar-refractivity contribution is 0.466. The second kappa shape index (κ2) is 4.18. The van der Waals surface area contributed by atoms with Gasteiger partial charge in [0.15, 0.2) is 0 Å². The number of hydrogen-bond acceptors (Lipinski definition) is 5. The van der Waals surface area contributed by atoms with Crippen LogP contribution in [0.4, 0.5) is 6.01 Å². The third-order valence-corrected chi connectivity index (χ3v) is 2.58. The van der Waals surface area contributed by atoms with Gasteiger partial charge in [-0.2, -0.15) is 0 Å². The van der Waals surface area contributed by atoms with Gasteiger partial charge in [0.25, 0.3) is 0 Å². The van der Waals surface area contributed by atoms with E-state index in [-0.39, 0.29) is 6.04 Å². The maximum absolute atomic E-state index is 5.62. The number of rotatable bonds is 5. The first-order valence-corrected chi connectivity index (χ1v) is 5.50. The number of nitrogens with zero attached hydrogens (tertiary/aromatic N) is 2. The van der Waals surface area contributed by atoms with Crippen molar-refractivity contribution in [1.29, 1.82) is 0 Å². The highest BCUT2D eigenvalue weighted by atomic mass is 16.4. The molecule has 0 aliphatic heterocycles. The van der Waals surface area contributed by atoms with Gasteiger partial charge in [0.05, 0.1) is 6.04 Å². The largest absolute Gasteiger partial charge is 0.406 e. The van der Waals surface area contributed by atoms with Gasteiger partial charge in [-0.3, -0.25) is 0 Å². The minimum absolute atomic E-state index is 0.202. The fourth-order valence-electron chi connectivity index (χ4n) is 1.60. The summed E-state index contributed by atoms with van der Waals surface area (Å²) >= 11 is 0. The number of anilines is 1. The highest BCUT2D eigenvalue weighted by molar-refractivity contribution is 5.19. The van der Waals surface area contributed by atoms with Crippen LogP contribution < -0.4 is 11.1 Å². The van der Waals surface area contributed by atoms with Gasteiger partial charge in [-0.1, -0.05) is 17.9 Å². The minimum Gasteiger partial charge on any atom is -0.406 e. The summed E-state index contributed by atoms with van der Waals surface area (Å²) < 4.78 is 5.36. The van der Waals surface area contributed by atoms with Crippen LogP contribution in [0, 0.1) is 5.92 Å². The molecule has 1 heterocycles. The Kier molecular flexibility index (Phi) is 2.90. The number of nitrogens with two attached hydrogens (primary N) is 1. The van der Waals surface area contributed by atoms with Crippen molar-refractivity contribution in [2.45, 2.75) is 45.2 Å². The lowest BCUT2D eigenvalue weighted by Crippen LogP contribution is -2.15. The predicted octanol–water partition coefficient (Wildman–Crippen LogP) is 1.69.